The molecule has 4 nitrogen and oxygen atoms in total. The average Bonchev–Trinajstić information content (AvgIpc) is 3.05. The van der Waals surface area contributed by atoms with Gasteiger partial charge in [-0.05, 0) is 30.3 Å². The second kappa shape index (κ2) is 6.18. The second-order valence-corrected chi connectivity index (χ2v) is 5.40. The van der Waals surface area contributed by atoms with Gasteiger partial charge in [0.25, 0.3) is 0 Å². The van der Waals surface area contributed by atoms with E-state index in [9.17, 15) is 17.6 Å². The molecule has 25 heavy (non-hydrogen) atoms. The van der Waals surface area contributed by atoms with E-state index in [1.807, 2.05) is 0 Å². The van der Waals surface area contributed by atoms with Crippen LogP contribution in [-0.4, -0.2) is 15.0 Å². The van der Waals surface area contributed by atoms with Gasteiger partial charge in [-0.25, -0.2) is 9.07 Å². The molecule has 0 unspecified atom stereocenters. The van der Waals surface area contributed by atoms with E-state index in [1.165, 1.54) is 36.5 Å². The van der Waals surface area contributed by atoms with E-state index in [0.717, 1.165) is 16.8 Å². The summed E-state index contributed by atoms with van der Waals surface area (Å²) in [6.07, 6.45) is -3.42. The van der Waals surface area contributed by atoms with Gasteiger partial charge in [0.05, 0.1) is 34.1 Å². The number of hydrogen-bond acceptors (Lipinski definition) is 3. The highest BCUT2D eigenvalue weighted by atomic mass is 35.5. The van der Waals surface area contributed by atoms with E-state index in [-0.39, 0.29) is 22.0 Å². The standard InChI is InChI=1S/C16H7ClF4N4/c17-13-3-1-2-11(15(13)18)14-8-25(24-23-14)10-5-4-9(7-22)12(6-10)16(19,20)21/h1-6,8H. The van der Waals surface area contributed by atoms with Gasteiger partial charge in [-0.3, -0.25) is 0 Å². The molecule has 0 aliphatic rings. The number of benzene rings is 2. The molecular formula is C16H7ClF4N4. The highest BCUT2D eigenvalue weighted by molar-refractivity contribution is 6.31. The molecule has 0 amide bonds. The van der Waals surface area contributed by atoms with Crippen LogP contribution < -0.4 is 0 Å². The molecule has 3 rings (SSSR count). The summed E-state index contributed by atoms with van der Waals surface area (Å²) in [5, 5.41) is 16.2. The summed E-state index contributed by atoms with van der Waals surface area (Å²) in [5.74, 6) is -0.702. The van der Waals surface area contributed by atoms with Gasteiger partial charge in [0, 0.05) is 5.56 Å². The van der Waals surface area contributed by atoms with Gasteiger partial charge in [-0.2, -0.15) is 18.4 Å². The highest BCUT2D eigenvalue weighted by Crippen LogP contribution is 2.33. The van der Waals surface area contributed by atoms with Gasteiger partial charge >= 0.3 is 6.18 Å². The zero-order valence-corrected chi connectivity index (χ0v) is 13.0. The topological polar surface area (TPSA) is 54.5 Å². The minimum Gasteiger partial charge on any atom is -0.220 e. The largest absolute Gasteiger partial charge is 0.417 e. The van der Waals surface area contributed by atoms with Crippen LogP contribution in [0.3, 0.4) is 0 Å². The van der Waals surface area contributed by atoms with Crippen LogP contribution in [0.1, 0.15) is 11.1 Å². The Balaban J connectivity index is 2.07. The van der Waals surface area contributed by atoms with E-state index in [2.05, 4.69) is 10.3 Å². The maximum absolute atomic E-state index is 14.0. The summed E-state index contributed by atoms with van der Waals surface area (Å²) in [5.41, 5.74) is -1.37. The quantitative estimate of drug-likeness (QED) is 0.622. The third-order valence-electron chi connectivity index (χ3n) is 3.41. The van der Waals surface area contributed by atoms with Gasteiger partial charge in [0.1, 0.15) is 5.69 Å². The molecule has 0 aliphatic carbocycles. The lowest BCUT2D eigenvalue weighted by Crippen LogP contribution is -2.09. The Bertz CT molecular complexity index is 989. The van der Waals surface area contributed by atoms with Crippen LogP contribution in [0.4, 0.5) is 17.6 Å². The highest BCUT2D eigenvalue weighted by Gasteiger charge is 2.34. The maximum Gasteiger partial charge on any atom is 0.417 e. The Morgan fingerprint density at radius 1 is 1.16 bits per heavy atom. The summed E-state index contributed by atoms with van der Waals surface area (Å²) in [4.78, 5) is 0. The predicted octanol–water partition coefficient (Wildman–Crippen LogP) is 4.62. The van der Waals surface area contributed by atoms with Crippen molar-refractivity contribution < 1.29 is 17.6 Å². The lowest BCUT2D eigenvalue weighted by molar-refractivity contribution is -0.137. The Hall–Kier alpha value is -2.92. The molecule has 126 valence electrons. The van der Waals surface area contributed by atoms with E-state index >= 15 is 0 Å². The average molecular weight is 367 g/mol. The van der Waals surface area contributed by atoms with E-state index in [1.54, 1.807) is 0 Å². The number of alkyl halides is 3. The smallest absolute Gasteiger partial charge is 0.220 e. The van der Waals surface area contributed by atoms with Crippen molar-refractivity contribution in [3.05, 3.63) is 64.6 Å². The first-order valence-electron chi connectivity index (χ1n) is 6.79. The number of nitrogens with zero attached hydrogens (tertiary/aromatic N) is 4. The fourth-order valence-electron chi connectivity index (χ4n) is 2.22. The molecule has 9 heteroatoms. The molecule has 0 bridgehead atoms. The van der Waals surface area contributed by atoms with Gasteiger partial charge in [0.15, 0.2) is 5.82 Å². The number of aromatic nitrogens is 3. The first kappa shape index (κ1) is 16.9. The van der Waals surface area contributed by atoms with Gasteiger partial charge in [-0.15, -0.1) is 5.10 Å². The lowest BCUT2D eigenvalue weighted by atomic mass is 10.1. The van der Waals surface area contributed by atoms with Gasteiger partial charge < -0.3 is 0 Å². The monoisotopic (exact) mass is 366 g/mol. The molecule has 1 aromatic heterocycles. The third kappa shape index (κ3) is 3.19. The minimum absolute atomic E-state index is 0.0347. The number of nitriles is 1. The van der Waals surface area contributed by atoms with E-state index < -0.39 is 23.1 Å². The molecule has 0 fully saturated rings. The van der Waals surface area contributed by atoms with Crippen LogP contribution in [0.25, 0.3) is 16.9 Å². The maximum atomic E-state index is 14.0. The first-order valence-corrected chi connectivity index (χ1v) is 7.17. The fourth-order valence-corrected chi connectivity index (χ4v) is 2.40. The molecular weight excluding hydrogens is 360 g/mol. The van der Waals surface area contributed by atoms with Gasteiger partial charge in [-0.1, -0.05) is 22.9 Å². The molecule has 1 heterocycles. The summed E-state index contributed by atoms with van der Waals surface area (Å²) >= 11 is 5.71. The van der Waals surface area contributed by atoms with Crippen molar-refractivity contribution in [2.75, 3.05) is 0 Å². The first-order chi connectivity index (χ1) is 11.8. The SMILES string of the molecule is N#Cc1ccc(-n2cc(-c3cccc(Cl)c3F)nn2)cc1C(F)(F)F. The molecule has 0 spiro atoms. The predicted molar refractivity (Wildman–Crippen MR) is 81.5 cm³/mol. The number of rotatable bonds is 2. The van der Waals surface area contributed by atoms with Crippen molar-refractivity contribution in [1.29, 1.82) is 5.26 Å². The Labute approximate surface area is 143 Å². The Kier molecular flexibility index (Phi) is 4.18. The molecule has 2 aromatic carbocycles. The zero-order valence-electron chi connectivity index (χ0n) is 12.2. The molecule has 0 radical (unpaired) electrons. The van der Waals surface area contributed by atoms with Crippen LogP contribution in [-0.2, 0) is 6.18 Å². The fraction of sp³-hybridized carbons (Fsp3) is 0.0625. The third-order valence-corrected chi connectivity index (χ3v) is 3.71. The van der Waals surface area contributed by atoms with Crippen molar-refractivity contribution in [2.45, 2.75) is 6.18 Å². The van der Waals surface area contributed by atoms with Crippen LogP contribution in [0.15, 0.2) is 42.6 Å². The molecule has 3 aromatic rings. The normalized spacial score (nSPS) is 11.4. The second-order valence-electron chi connectivity index (χ2n) is 4.99. The van der Waals surface area contributed by atoms with Crippen LogP contribution in [0.2, 0.25) is 5.02 Å². The van der Waals surface area contributed by atoms with Crippen molar-refractivity contribution in [3.8, 4) is 23.0 Å². The molecule has 0 saturated heterocycles. The lowest BCUT2D eigenvalue weighted by Gasteiger charge is -2.10. The molecule has 0 atom stereocenters. The molecule has 0 aliphatic heterocycles. The van der Waals surface area contributed by atoms with Crippen LogP contribution in [0, 0.1) is 17.1 Å². The van der Waals surface area contributed by atoms with E-state index in [0.29, 0.717) is 0 Å². The van der Waals surface area contributed by atoms with E-state index in [4.69, 9.17) is 16.9 Å². The summed E-state index contributed by atoms with van der Waals surface area (Å²) in [7, 11) is 0. The van der Waals surface area contributed by atoms with Crippen molar-refractivity contribution in [3.63, 3.8) is 0 Å². The number of halogens is 5. The van der Waals surface area contributed by atoms with Crippen molar-refractivity contribution in [1.82, 2.24) is 15.0 Å². The summed E-state index contributed by atoms with van der Waals surface area (Å²) in [6, 6.07) is 8.92. The van der Waals surface area contributed by atoms with Crippen molar-refractivity contribution in [2.24, 2.45) is 0 Å². The zero-order chi connectivity index (χ0) is 18.2. The summed E-state index contributed by atoms with van der Waals surface area (Å²) in [6.45, 7) is 0. The summed E-state index contributed by atoms with van der Waals surface area (Å²) < 4.78 is 54.2. The number of hydrogen-bond donors (Lipinski definition) is 0. The Morgan fingerprint density at radius 2 is 1.92 bits per heavy atom. The molecule has 0 saturated carbocycles. The molecule has 0 N–H and O–H groups in total. The minimum atomic E-state index is -4.69. The van der Waals surface area contributed by atoms with Crippen LogP contribution in [0.5, 0.6) is 0 Å². The van der Waals surface area contributed by atoms with Gasteiger partial charge in [0.2, 0.25) is 0 Å². The van der Waals surface area contributed by atoms with Crippen LogP contribution >= 0.6 is 11.6 Å². The Morgan fingerprint density at radius 3 is 2.60 bits per heavy atom. The van der Waals surface area contributed by atoms with Crippen molar-refractivity contribution >= 4 is 11.6 Å².